The molecular formula is C12H25N5O. The van der Waals surface area contributed by atoms with Gasteiger partial charge in [0.1, 0.15) is 0 Å². The van der Waals surface area contributed by atoms with Crippen molar-refractivity contribution < 1.29 is 4.74 Å². The molecule has 104 valence electrons. The summed E-state index contributed by atoms with van der Waals surface area (Å²) in [6.45, 7) is 8.39. The minimum absolute atomic E-state index is 0.304. The monoisotopic (exact) mass is 255 g/mol. The van der Waals surface area contributed by atoms with E-state index in [0.29, 0.717) is 6.10 Å². The Hall–Kier alpha value is -0.980. The van der Waals surface area contributed by atoms with Crippen molar-refractivity contribution in [2.45, 2.75) is 33.0 Å². The number of hydrogen-bond acceptors (Lipinski definition) is 5. The van der Waals surface area contributed by atoms with E-state index in [1.165, 1.54) is 0 Å². The van der Waals surface area contributed by atoms with Gasteiger partial charge in [-0.1, -0.05) is 5.21 Å². The molecule has 1 aromatic rings. The maximum atomic E-state index is 5.52. The third-order valence-corrected chi connectivity index (χ3v) is 2.58. The van der Waals surface area contributed by atoms with Crippen LogP contribution >= 0.6 is 0 Å². The van der Waals surface area contributed by atoms with Gasteiger partial charge in [0.25, 0.3) is 0 Å². The maximum Gasteiger partial charge on any atom is 0.0964 e. The van der Waals surface area contributed by atoms with Crippen molar-refractivity contribution >= 4 is 0 Å². The lowest BCUT2D eigenvalue weighted by molar-refractivity contribution is 0.0631. The van der Waals surface area contributed by atoms with E-state index in [4.69, 9.17) is 4.74 Å². The van der Waals surface area contributed by atoms with Gasteiger partial charge in [0.05, 0.1) is 24.9 Å². The Morgan fingerprint density at radius 3 is 2.89 bits per heavy atom. The van der Waals surface area contributed by atoms with Crippen molar-refractivity contribution in [2.24, 2.45) is 0 Å². The number of rotatable bonds is 9. The highest BCUT2D eigenvalue weighted by atomic mass is 16.5. The predicted octanol–water partition coefficient (Wildman–Crippen LogP) is 0.354. The second kappa shape index (κ2) is 8.18. The van der Waals surface area contributed by atoms with Crippen LogP contribution in [0.25, 0.3) is 0 Å². The Labute approximate surface area is 109 Å². The molecule has 0 unspecified atom stereocenters. The van der Waals surface area contributed by atoms with Crippen LogP contribution in [0.5, 0.6) is 0 Å². The third kappa shape index (κ3) is 6.09. The summed E-state index contributed by atoms with van der Waals surface area (Å²) < 4.78 is 7.40. The summed E-state index contributed by atoms with van der Waals surface area (Å²) in [4.78, 5) is 2.24. The van der Waals surface area contributed by atoms with Crippen LogP contribution in [-0.4, -0.2) is 59.8 Å². The fourth-order valence-electron chi connectivity index (χ4n) is 1.54. The van der Waals surface area contributed by atoms with Crippen molar-refractivity contribution in [3.8, 4) is 0 Å². The second-order valence-electron chi connectivity index (χ2n) is 4.73. The fraction of sp³-hybridized carbons (Fsp3) is 0.833. The van der Waals surface area contributed by atoms with Crippen LogP contribution in [-0.2, 0) is 17.8 Å². The summed E-state index contributed by atoms with van der Waals surface area (Å²) in [6, 6.07) is 0. The highest BCUT2D eigenvalue weighted by molar-refractivity contribution is 4.90. The van der Waals surface area contributed by atoms with Gasteiger partial charge in [-0.15, -0.1) is 5.10 Å². The van der Waals surface area contributed by atoms with Gasteiger partial charge in [-0.3, -0.25) is 4.68 Å². The van der Waals surface area contributed by atoms with E-state index < -0.39 is 0 Å². The molecule has 0 aliphatic carbocycles. The van der Waals surface area contributed by atoms with E-state index in [9.17, 15) is 0 Å². The van der Waals surface area contributed by atoms with Gasteiger partial charge in [-0.25, -0.2) is 0 Å². The van der Waals surface area contributed by atoms with Crippen LogP contribution < -0.4 is 5.32 Å². The molecule has 1 N–H and O–H groups in total. The van der Waals surface area contributed by atoms with E-state index in [1.807, 2.05) is 17.9 Å². The molecule has 0 aliphatic heterocycles. The number of nitrogens with one attached hydrogen (secondary N) is 1. The van der Waals surface area contributed by atoms with Gasteiger partial charge < -0.3 is 15.0 Å². The van der Waals surface area contributed by atoms with Crippen LogP contribution in [0, 0.1) is 0 Å². The van der Waals surface area contributed by atoms with Crippen LogP contribution in [0.3, 0.4) is 0 Å². The van der Waals surface area contributed by atoms with Crippen molar-refractivity contribution in [1.82, 2.24) is 25.2 Å². The van der Waals surface area contributed by atoms with Crippen LogP contribution in [0.4, 0.5) is 0 Å². The summed E-state index contributed by atoms with van der Waals surface area (Å²) in [5, 5.41) is 11.2. The van der Waals surface area contributed by atoms with Gasteiger partial charge >= 0.3 is 0 Å². The average Bonchev–Trinajstić information content (AvgIpc) is 2.74. The van der Waals surface area contributed by atoms with Gasteiger partial charge in [-0.05, 0) is 27.9 Å². The molecule has 1 rings (SSSR count). The SMILES string of the molecule is CNCc1cn(CCN(C)CCOC(C)C)nn1. The van der Waals surface area contributed by atoms with Gasteiger partial charge in [0.2, 0.25) is 0 Å². The van der Waals surface area contributed by atoms with E-state index >= 15 is 0 Å². The Bertz CT molecular complexity index is 326. The second-order valence-corrected chi connectivity index (χ2v) is 4.73. The minimum atomic E-state index is 0.304. The molecule has 0 aliphatic rings. The van der Waals surface area contributed by atoms with E-state index in [0.717, 1.165) is 38.5 Å². The molecule has 0 spiro atoms. The molecule has 0 amide bonds. The Morgan fingerprint density at radius 2 is 2.22 bits per heavy atom. The predicted molar refractivity (Wildman–Crippen MR) is 71.4 cm³/mol. The van der Waals surface area contributed by atoms with Crippen LogP contribution in [0.15, 0.2) is 6.20 Å². The summed E-state index contributed by atoms with van der Waals surface area (Å²) in [5.74, 6) is 0. The Morgan fingerprint density at radius 1 is 1.44 bits per heavy atom. The Balaban J connectivity index is 2.18. The fourth-order valence-corrected chi connectivity index (χ4v) is 1.54. The molecule has 0 atom stereocenters. The summed E-state index contributed by atoms with van der Waals surface area (Å²) >= 11 is 0. The largest absolute Gasteiger partial charge is 0.377 e. The summed E-state index contributed by atoms with van der Waals surface area (Å²) in [6.07, 6.45) is 2.28. The van der Waals surface area contributed by atoms with Crippen molar-refractivity contribution in [1.29, 1.82) is 0 Å². The first kappa shape index (κ1) is 15.1. The number of likely N-dealkylation sites (N-methyl/N-ethyl adjacent to an activating group) is 1. The lowest BCUT2D eigenvalue weighted by atomic mass is 10.4. The first-order valence-electron chi connectivity index (χ1n) is 6.45. The standard InChI is InChI=1S/C12H25N5O/c1-11(2)18-8-7-16(4)5-6-17-10-12(9-13-3)14-15-17/h10-11,13H,5-9H2,1-4H3. The first-order chi connectivity index (χ1) is 8.61. The molecule has 1 heterocycles. The molecule has 6 nitrogen and oxygen atoms in total. The zero-order valence-electron chi connectivity index (χ0n) is 11.9. The molecule has 0 saturated carbocycles. The lowest BCUT2D eigenvalue weighted by Crippen LogP contribution is -2.28. The molecule has 0 bridgehead atoms. The van der Waals surface area contributed by atoms with Crippen molar-refractivity contribution in [3.63, 3.8) is 0 Å². The quantitative estimate of drug-likeness (QED) is 0.690. The molecule has 0 aromatic carbocycles. The number of hydrogen-bond donors (Lipinski definition) is 1. The molecule has 0 fully saturated rings. The molecule has 6 heteroatoms. The molecule has 1 aromatic heterocycles. The normalized spacial score (nSPS) is 11.7. The average molecular weight is 255 g/mol. The van der Waals surface area contributed by atoms with E-state index in [1.54, 1.807) is 0 Å². The van der Waals surface area contributed by atoms with Crippen molar-refractivity contribution in [2.75, 3.05) is 33.8 Å². The highest BCUT2D eigenvalue weighted by Gasteiger charge is 2.02. The Kier molecular flexibility index (Phi) is 6.85. The zero-order chi connectivity index (χ0) is 13.4. The number of aromatic nitrogens is 3. The lowest BCUT2D eigenvalue weighted by Gasteiger charge is -2.17. The van der Waals surface area contributed by atoms with Gasteiger partial charge in [0, 0.05) is 25.8 Å². The van der Waals surface area contributed by atoms with Crippen LogP contribution in [0.2, 0.25) is 0 Å². The molecule has 0 saturated heterocycles. The van der Waals surface area contributed by atoms with Crippen molar-refractivity contribution in [3.05, 3.63) is 11.9 Å². The molecule has 0 radical (unpaired) electrons. The minimum Gasteiger partial charge on any atom is -0.377 e. The molecule has 18 heavy (non-hydrogen) atoms. The summed E-state index contributed by atoms with van der Waals surface area (Å²) in [7, 11) is 4.00. The smallest absolute Gasteiger partial charge is 0.0964 e. The van der Waals surface area contributed by atoms with E-state index in [2.05, 4.69) is 41.4 Å². The first-order valence-corrected chi connectivity index (χ1v) is 6.45. The van der Waals surface area contributed by atoms with Gasteiger partial charge in [-0.2, -0.15) is 0 Å². The third-order valence-electron chi connectivity index (χ3n) is 2.58. The maximum absolute atomic E-state index is 5.52. The van der Waals surface area contributed by atoms with Gasteiger partial charge in [0.15, 0.2) is 0 Å². The number of ether oxygens (including phenoxy) is 1. The van der Waals surface area contributed by atoms with Crippen LogP contribution in [0.1, 0.15) is 19.5 Å². The molecular weight excluding hydrogens is 230 g/mol. The summed E-state index contributed by atoms with van der Waals surface area (Å²) in [5.41, 5.74) is 0.975. The van der Waals surface area contributed by atoms with E-state index in [-0.39, 0.29) is 0 Å². The highest BCUT2D eigenvalue weighted by Crippen LogP contribution is 1.94. The zero-order valence-corrected chi connectivity index (χ0v) is 11.9. The number of nitrogens with zero attached hydrogens (tertiary/aromatic N) is 4. The topological polar surface area (TPSA) is 55.2 Å².